The second-order valence-corrected chi connectivity index (χ2v) is 8.40. The number of rotatable bonds is 5. The monoisotopic (exact) mass is 359 g/mol. The van der Waals surface area contributed by atoms with Crippen molar-refractivity contribution in [3.8, 4) is 5.75 Å². The largest absolute Gasteiger partial charge is 0.494 e. The number of aryl methyl sites for hydroxylation is 2. The van der Waals surface area contributed by atoms with Crippen LogP contribution in [0.5, 0.6) is 5.75 Å². The molecule has 1 fully saturated rings. The van der Waals surface area contributed by atoms with E-state index in [-0.39, 0.29) is 6.04 Å². The summed E-state index contributed by atoms with van der Waals surface area (Å²) in [7, 11) is -3.50. The molecule has 1 unspecified atom stereocenters. The van der Waals surface area contributed by atoms with Crippen molar-refractivity contribution in [1.82, 2.24) is 4.31 Å². The first-order valence-corrected chi connectivity index (χ1v) is 10.2. The molecule has 0 aliphatic carbocycles. The quantitative estimate of drug-likeness (QED) is 0.803. The van der Waals surface area contributed by atoms with E-state index in [4.69, 9.17) is 4.74 Å². The zero-order valence-corrected chi connectivity index (χ0v) is 15.8. The molecule has 1 aliphatic rings. The van der Waals surface area contributed by atoms with Gasteiger partial charge in [-0.05, 0) is 62.9 Å². The Balaban J connectivity index is 1.92. The van der Waals surface area contributed by atoms with Crippen molar-refractivity contribution in [2.45, 2.75) is 44.6 Å². The number of benzene rings is 2. The Morgan fingerprint density at radius 2 is 1.84 bits per heavy atom. The predicted octanol–water partition coefficient (Wildman–Crippen LogP) is 4.23. The summed E-state index contributed by atoms with van der Waals surface area (Å²) >= 11 is 0. The standard InChI is InChI=1S/C20H25NO3S/c1-4-24-18-10-8-17(9-11-18)19-6-5-13-21(19)25(22,23)20-12-7-15(2)14-16(20)3/h7-12,14,19H,4-6,13H2,1-3H3. The van der Waals surface area contributed by atoms with E-state index in [2.05, 4.69) is 0 Å². The van der Waals surface area contributed by atoms with Crippen LogP contribution < -0.4 is 4.74 Å². The summed E-state index contributed by atoms with van der Waals surface area (Å²) in [5.41, 5.74) is 2.90. The van der Waals surface area contributed by atoms with Crippen molar-refractivity contribution in [3.63, 3.8) is 0 Å². The van der Waals surface area contributed by atoms with Crippen molar-refractivity contribution in [2.75, 3.05) is 13.2 Å². The van der Waals surface area contributed by atoms with Crippen LogP contribution in [0.2, 0.25) is 0 Å². The molecule has 1 atom stereocenters. The van der Waals surface area contributed by atoms with Crippen LogP contribution in [0.3, 0.4) is 0 Å². The van der Waals surface area contributed by atoms with Gasteiger partial charge in [0.15, 0.2) is 0 Å². The average Bonchev–Trinajstić information content (AvgIpc) is 3.06. The smallest absolute Gasteiger partial charge is 0.243 e. The van der Waals surface area contributed by atoms with Crippen LogP contribution in [0, 0.1) is 13.8 Å². The van der Waals surface area contributed by atoms with Gasteiger partial charge in [0.05, 0.1) is 17.5 Å². The summed E-state index contributed by atoms with van der Waals surface area (Å²) < 4.78 is 33.6. The summed E-state index contributed by atoms with van der Waals surface area (Å²) in [4.78, 5) is 0.413. The van der Waals surface area contributed by atoms with Gasteiger partial charge in [0.2, 0.25) is 10.0 Å². The van der Waals surface area contributed by atoms with Crippen molar-refractivity contribution in [2.24, 2.45) is 0 Å². The molecule has 2 aromatic rings. The van der Waals surface area contributed by atoms with Crippen molar-refractivity contribution < 1.29 is 13.2 Å². The minimum absolute atomic E-state index is 0.110. The Bertz CT molecular complexity index is 844. The van der Waals surface area contributed by atoms with Crippen LogP contribution in [-0.2, 0) is 10.0 Å². The summed E-state index contributed by atoms with van der Waals surface area (Å²) in [6, 6.07) is 13.2. The number of sulfonamides is 1. The molecule has 0 radical (unpaired) electrons. The normalized spacial score (nSPS) is 18.4. The Morgan fingerprint density at radius 1 is 1.12 bits per heavy atom. The minimum atomic E-state index is -3.50. The van der Waals surface area contributed by atoms with Crippen molar-refractivity contribution in [1.29, 1.82) is 0 Å². The summed E-state index contributed by atoms with van der Waals surface area (Å²) in [5, 5.41) is 0. The van der Waals surface area contributed by atoms with Crippen molar-refractivity contribution in [3.05, 3.63) is 59.2 Å². The van der Waals surface area contributed by atoms with E-state index in [1.165, 1.54) is 0 Å². The van der Waals surface area contributed by atoms with E-state index in [1.54, 1.807) is 10.4 Å². The molecule has 134 valence electrons. The number of ether oxygens (including phenoxy) is 1. The number of hydrogen-bond acceptors (Lipinski definition) is 3. The van der Waals surface area contributed by atoms with Crippen LogP contribution >= 0.6 is 0 Å². The van der Waals surface area contributed by atoms with Crippen LogP contribution in [0.15, 0.2) is 47.4 Å². The fourth-order valence-electron chi connectivity index (χ4n) is 3.53. The third kappa shape index (κ3) is 3.58. The lowest BCUT2D eigenvalue weighted by atomic mass is 10.1. The molecule has 0 saturated carbocycles. The average molecular weight is 359 g/mol. The molecular weight excluding hydrogens is 334 g/mol. The Kier molecular flexibility index (Phi) is 5.16. The molecule has 0 aromatic heterocycles. The molecule has 2 aromatic carbocycles. The highest BCUT2D eigenvalue weighted by Gasteiger charge is 2.36. The molecule has 0 amide bonds. The topological polar surface area (TPSA) is 46.6 Å². The first kappa shape index (κ1) is 18.0. The fraction of sp³-hybridized carbons (Fsp3) is 0.400. The lowest BCUT2D eigenvalue weighted by Crippen LogP contribution is -2.31. The van der Waals surface area contributed by atoms with Gasteiger partial charge in [0.1, 0.15) is 5.75 Å². The predicted molar refractivity (Wildman–Crippen MR) is 99.4 cm³/mol. The number of hydrogen-bond donors (Lipinski definition) is 0. The van der Waals surface area contributed by atoms with Crippen LogP contribution in [0.4, 0.5) is 0 Å². The van der Waals surface area contributed by atoms with Gasteiger partial charge >= 0.3 is 0 Å². The van der Waals surface area contributed by atoms with E-state index in [1.807, 2.05) is 57.2 Å². The van der Waals surface area contributed by atoms with Crippen molar-refractivity contribution >= 4 is 10.0 Å². The van der Waals surface area contributed by atoms with E-state index in [0.717, 1.165) is 35.3 Å². The minimum Gasteiger partial charge on any atom is -0.494 e. The lowest BCUT2D eigenvalue weighted by Gasteiger charge is -2.25. The molecule has 1 saturated heterocycles. The summed E-state index contributed by atoms with van der Waals surface area (Å²) in [5.74, 6) is 0.813. The van der Waals surface area contributed by atoms with Gasteiger partial charge in [-0.2, -0.15) is 4.31 Å². The molecule has 1 aliphatic heterocycles. The fourth-order valence-corrected chi connectivity index (χ4v) is 5.42. The second-order valence-electron chi connectivity index (χ2n) is 6.54. The molecule has 0 N–H and O–H groups in total. The van der Waals surface area contributed by atoms with Gasteiger partial charge in [-0.25, -0.2) is 8.42 Å². The first-order chi connectivity index (χ1) is 11.9. The van der Waals surface area contributed by atoms with E-state index < -0.39 is 10.0 Å². The Labute approximate surface area is 150 Å². The summed E-state index contributed by atoms with van der Waals surface area (Å²) in [6.07, 6.45) is 1.72. The molecule has 25 heavy (non-hydrogen) atoms. The summed E-state index contributed by atoms with van der Waals surface area (Å²) in [6.45, 7) is 6.97. The molecule has 1 heterocycles. The maximum Gasteiger partial charge on any atom is 0.243 e. The van der Waals surface area contributed by atoms with Crippen LogP contribution in [0.25, 0.3) is 0 Å². The zero-order chi connectivity index (χ0) is 18.0. The van der Waals surface area contributed by atoms with Gasteiger partial charge in [-0.1, -0.05) is 29.8 Å². The molecule has 4 nitrogen and oxygen atoms in total. The Morgan fingerprint density at radius 3 is 2.48 bits per heavy atom. The highest BCUT2D eigenvalue weighted by atomic mass is 32.2. The zero-order valence-electron chi connectivity index (χ0n) is 15.0. The van der Waals surface area contributed by atoms with E-state index >= 15 is 0 Å². The lowest BCUT2D eigenvalue weighted by molar-refractivity contribution is 0.339. The van der Waals surface area contributed by atoms with Gasteiger partial charge in [0, 0.05) is 6.54 Å². The van der Waals surface area contributed by atoms with E-state index in [9.17, 15) is 8.42 Å². The molecule has 0 bridgehead atoms. The van der Waals surface area contributed by atoms with Gasteiger partial charge in [-0.3, -0.25) is 0 Å². The van der Waals surface area contributed by atoms with Gasteiger partial charge in [-0.15, -0.1) is 0 Å². The van der Waals surface area contributed by atoms with Gasteiger partial charge in [0.25, 0.3) is 0 Å². The molecule has 0 spiro atoms. The molecular formula is C20H25NO3S. The highest BCUT2D eigenvalue weighted by molar-refractivity contribution is 7.89. The van der Waals surface area contributed by atoms with Crippen LogP contribution in [-0.4, -0.2) is 25.9 Å². The number of nitrogens with zero attached hydrogens (tertiary/aromatic N) is 1. The van der Waals surface area contributed by atoms with Gasteiger partial charge < -0.3 is 4.74 Å². The maximum atomic E-state index is 13.2. The maximum absolute atomic E-state index is 13.2. The van der Waals surface area contributed by atoms with E-state index in [0.29, 0.717) is 18.0 Å². The second kappa shape index (κ2) is 7.18. The molecule has 5 heteroatoms. The molecule has 3 rings (SSSR count). The Hall–Kier alpha value is -1.85. The SMILES string of the molecule is CCOc1ccc(C2CCCN2S(=O)(=O)c2ccc(C)cc2C)cc1. The van der Waals surface area contributed by atoms with Crippen LogP contribution in [0.1, 0.15) is 42.5 Å². The highest BCUT2D eigenvalue weighted by Crippen LogP contribution is 2.37. The first-order valence-electron chi connectivity index (χ1n) is 8.75. The third-order valence-corrected chi connectivity index (χ3v) is 6.77. The third-order valence-electron chi connectivity index (χ3n) is 4.70.